The Bertz CT molecular complexity index is 295. The smallest absolute Gasteiger partial charge is 0.132 e. The Hall–Kier alpha value is -1.25. The van der Waals surface area contributed by atoms with Gasteiger partial charge in [-0.1, -0.05) is 0 Å². The zero-order valence-electron chi connectivity index (χ0n) is 8.57. The van der Waals surface area contributed by atoms with Gasteiger partial charge in [-0.15, -0.1) is 0 Å². The molecule has 0 saturated carbocycles. The van der Waals surface area contributed by atoms with Crippen molar-refractivity contribution in [1.29, 1.82) is 0 Å². The third kappa shape index (κ3) is 1.97. The summed E-state index contributed by atoms with van der Waals surface area (Å²) in [4.78, 5) is 6.68. The van der Waals surface area contributed by atoms with Crippen LogP contribution in [-0.2, 0) is 0 Å². The van der Waals surface area contributed by atoms with Crippen molar-refractivity contribution in [3.05, 3.63) is 18.3 Å². The summed E-state index contributed by atoms with van der Waals surface area (Å²) in [5.41, 5.74) is 0. The van der Waals surface area contributed by atoms with E-state index in [1.807, 2.05) is 18.3 Å². The molecule has 3 heteroatoms. The first-order valence-corrected chi connectivity index (χ1v) is 5.15. The second kappa shape index (κ2) is 4.31. The molecule has 1 aromatic heterocycles. The number of ether oxygens (including phenoxy) is 1. The quantitative estimate of drug-likeness (QED) is 0.717. The SMILES string of the molecule is COc1ccnc(N2CCCCC2)c1. The molecule has 1 aliphatic heterocycles. The summed E-state index contributed by atoms with van der Waals surface area (Å²) in [5, 5.41) is 0. The van der Waals surface area contributed by atoms with E-state index in [1.54, 1.807) is 7.11 Å². The van der Waals surface area contributed by atoms with Crippen LogP contribution in [0.1, 0.15) is 19.3 Å². The van der Waals surface area contributed by atoms with E-state index in [0.29, 0.717) is 0 Å². The van der Waals surface area contributed by atoms with E-state index in [9.17, 15) is 0 Å². The Kier molecular flexibility index (Phi) is 2.87. The van der Waals surface area contributed by atoms with Crippen molar-refractivity contribution in [3.8, 4) is 5.75 Å². The Morgan fingerprint density at radius 3 is 2.79 bits per heavy atom. The zero-order chi connectivity index (χ0) is 9.80. The monoisotopic (exact) mass is 192 g/mol. The molecule has 1 aliphatic rings. The van der Waals surface area contributed by atoms with Crippen LogP contribution < -0.4 is 9.64 Å². The van der Waals surface area contributed by atoms with E-state index in [4.69, 9.17) is 4.74 Å². The molecule has 0 N–H and O–H groups in total. The lowest BCUT2D eigenvalue weighted by Gasteiger charge is -2.27. The highest BCUT2D eigenvalue weighted by Crippen LogP contribution is 2.21. The van der Waals surface area contributed by atoms with Crippen molar-refractivity contribution in [1.82, 2.24) is 4.98 Å². The van der Waals surface area contributed by atoms with E-state index in [1.165, 1.54) is 19.3 Å². The van der Waals surface area contributed by atoms with E-state index >= 15 is 0 Å². The molecular formula is C11H16N2O. The van der Waals surface area contributed by atoms with Gasteiger partial charge in [0.15, 0.2) is 0 Å². The van der Waals surface area contributed by atoms with Crippen LogP contribution in [0.2, 0.25) is 0 Å². The van der Waals surface area contributed by atoms with E-state index in [2.05, 4.69) is 9.88 Å². The van der Waals surface area contributed by atoms with Gasteiger partial charge >= 0.3 is 0 Å². The minimum atomic E-state index is 0.889. The van der Waals surface area contributed by atoms with Crippen molar-refractivity contribution in [2.24, 2.45) is 0 Å². The number of hydrogen-bond acceptors (Lipinski definition) is 3. The van der Waals surface area contributed by atoms with E-state index in [-0.39, 0.29) is 0 Å². The van der Waals surface area contributed by atoms with Gasteiger partial charge in [0, 0.05) is 25.4 Å². The summed E-state index contributed by atoms with van der Waals surface area (Å²) in [5.74, 6) is 1.93. The van der Waals surface area contributed by atoms with Crippen LogP contribution in [0, 0.1) is 0 Å². The molecule has 2 heterocycles. The first kappa shape index (κ1) is 9.31. The van der Waals surface area contributed by atoms with Crippen molar-refractivity contribution < 1.29 is 4.74 Å². The first-order valence-electron chi connectivity index (χ1n) is 5.15. The van der Waals surface area contributed by atoms with Crippen molar-refractivity contribution in [2.45, 2.75) is 19.3 Å². The third-order valence-corrected chi connectivity index (χ3v) is 2.63. The molecule has 1 saturated heterocycles. The van der Waals surface area contributed by atoms with Crippen LogP contribution in [0.4, 0.5) is 5.82 Å². The van der Waals surface area contributed by atoms with Crippen molar-refractivity contribution in [2.75, 3.05) is 25.1 Å². The fourth-order valence-electron chi connectivity index (χ4n) is 1.82. The van der Waals surface area contributed by atoms with Crippen molar-refractivity contribution in [3.63, 3.8) is 0 Å². The minimum Gasteiger partial charge on any atom is -0.497 e. The van der Waals surface area contributed by atoms with Crippen LogP contribution in [0.15, 0.2) is 18.3 Å². The topological polar surface area (TPSA) is 25.4 Å². The average molecular weight is 192 g/mol. The summed E-state index contributed by atoms with van der Waals surface area (Å²) >= 11 is 0. The number of methoxy groups -OCH3 is 1. The Balaban J connectivity index is 2.13. The van der Waals surface area contributed by atoms with Crippen molar-refractivity contribution >= 4 is 5.82 Å². The fourth-order valence-corrected chi connectivity index (χ4v) is 1.82. The van der Waals surface area contributed by atoms with Gasteiger partial charge < -0.3 is 9.64 Å². The minimum absolute atomic E-state index is 0.889. The van der Waals surface area contributed by atoms with E-state index in [0.717, 1.165) is 24.7 Å². The number of piperidine rings is 1. The largest absolute Gasteiger partial charge is 0.497 e. The van der Waals surface area contributed by atoms with Crippen LogP contribution >= 0.6 is 0 Å². The molecule has 0 aliphatic carbocycles. The molecule has 3 nitrogen and oxygen atoms in total. The van der Waals surface area contributed by atoms with Gasteiger partial charge in [0.25, 0.3) is 0 Å². The lowest BCUT2D eigenvalue weighted by Crippen LogP contribution is -2.30. The molecule has 0 aromatic carbocycles. The molecule has 0 atom stereocenters. The molecule has 0 amide bonds. The number of anilines is 1. The molecule has 1 fully saturated rings. The number of pyridine rings is 1. The first-order chi connectivity index (χ1) is 6.90. The Labute approximate surface area is 84.7 Å². The second-order valence-corrected chi connectivity index (χ2v) is 3.60. The molecule has 0 bridgehead atoms. The summed E-state index contributed by atoms with van der Waals surface area (Å²) in [6.07, 6.45) is 5.71. The average Bonchev–Trinajstić information content (AvgIpc) is 2.30. The predicted molar refractivity (Wildman–Crippen MR) is 56.9 cm³/mol. The van der Waals surface area contributed by atoms with Gasteiger partial charge in [0.05, 0.1) is 7.11 Å². The molecule has 14 heavy (non-hydrogen) atoms. The summed E-state index contributed by atoms with van der Waals surface area (Å²) in [6.45, 7) is 2.25. The maximum Gasteiger partial charge on any atom is 0.132 e. The third-order valence-electron chi connectivity index (χ3n) is 2.63. The molecule has 0 spiro atoms. The fraction of sp³-hybridized carbons (Fsp3) is 0.545. The second-order valence-electron chi connectivity index (χ2n) is 3.60. The summed E-state index contributed by atoms with van der Waals surface area (Å²) in [6, 6.07) is 3.89. The van der Waals surface area contributed by atoms with Gasteiger partial charge in [-0.05, 0) is 25.3 Å². The maximum atomic E-state index is 5.18. The Morgan fingerprint density at radius 1 is 1.29 bits per heavy atom. The lowest BCUT2D eigenvalue weighted by atomic mass is 10.1. The molecule has 2 rings (SSSR count). The van der Waals surface area contributed by atoms with Crippen LogP contribution in [0.5, 0.6) is 5.75 Å². The highest BCUT2D eigenvalue weighted by atomic mass is 16.5. The van der Waals surface area contributed by atoms with E-state index < -0.39 is 0 Å². The highest BCUT2D eigenvalue weighted by molar-refractivity contribution is 5.43. The molecular weight excluding hydrogens is 176 g/mol. The molecule has 1 aromatic rings. The molecule has 76 valence electrons. The summed E-state index contributed by atoms with van der Waals surface area (Å²) < 4.78 is 5.18. The highest BCUT2D eigenvalue weighted by Gasteiger charge is 2.11. The standard InChI is InChI=1S/C11H16N2O/c1-14-10-5-6-12-11(9-10)13-7-3-2-4-8-13/h5-6,9H,2-4,7-8H2,1H3. The molecule has 0 unspecified atom stereocenters. The Morgan fingerprint density at radius 2 is 2.07 bits per heavy atom. The number of rotatable bonds is 2. The van der Waals surface area contributed by atoms with Crippen LogP contribution in [0.3, 0.4) is 0 Å². The van der Waals surface area contributed by atoms with Gasteiger partial charge in [0.2, 0.25) is 0 Å². The van der Waals surface area contributed by atoms with Gasteiger partial charge in [-0.2, -0.15) is 0 Å². The van der Waals surface area contributed by atoms with Crippen LogP contribution in [-0.4, -0.2) is 25.2 Å². The molecule has 0 radical (unpaired) electrons. The maximum absolute atomic E-state index is 5.18. The summed E-state index contributed by atoms with van der Waals surface area (Å²) in [7, 11) is 1.69. The number of hydrogen-bond donors (Lipinski definition) is 0. The van der Waals surface area contributed by atoms with Gasteiger partial charge in [-0.25, -0.2) is 4.98 Å². The number of aromatic nitrogens is 1. The number of nitrogens with zero attached hydrogens (tertiary/aromatic N) is 2. The predicted octanol–water partition coefficient (Wildman–Crippen LogP) is 2.08. The lowest BCUT2D eigenvalue weighted by molar-refractivity contribution is 0.414. The van der Waals surface area contributed by atoms with Gasteiger partial charge in [0.1, 0.15) is 11.6 Å². The van der Waals surface area contributed by atoms with Crippen LogP contribution in [0.25, 0.3) is 0 Å². The normalized spacial score (nSPS) is 16.8. The zero-order valence-corrected chi connectivity index (χ0v) is 8.57. The van der Waals surface area contributed by atoms with Gasteiger partial charge in [-0.3, -0.25) is 0 Å².